The van der Waals surface area contributed by atoms with Crippen LogP contribution in [0.2, 0.25) is 0 Å². The molecule has 17 heavy (non-hydrogen) atoms. The third kappa shape index (κ3) is 2.02. The van der Waals surface area contributed by atoms with Crippen LogP contribution in [0.5, 0.6) is 0 Å². The summed E-state index contributed by atoms with van der Waals surface area (Å²) in [5, 5.41) is 6.93. The van der Waals surface area contributed by atoms with Crippen LogP contribution in [0.4, 0.5) is 0 Å². The van der Waals surface area contributed by atoms with Gasteiger partial charge in [-0.2, -0.15) is 0 Å². The maximum atomic E-state index is 5.79. The molecule has 0 bridgehead atoms. The van der Waals surface area contributed by atoms with Crippen molar-refractivity contribution in [3.63, 3.8) is 0 Å². The van der Waals surface area contributed by atoms with Crippen LogP contribution in [-0.2, 0) is 10.3 Å². The Kier molecular flexibility index (Phi) is 3.19. The van der Waals surface area contributed by atoms with Crippen LogP contribution in [0.1, 0.15) is 55.3 Å². The van der Waals surface area contributed by atoms with Crippen LogP contribution in [0.25, 0.3) is 0 Å². The van der Waals surface area contributed by atoms with E-state index < -0.39 is 0 Å². The second kappa shape index (κ2) is 4.67. The number of nitrogens with one attached hydrogen (secondary N) is 1. The minimum absolute atomic E-state index is 0.0679. The van der Waals surface area contributed by atoms with E-state index >= 15 is 0 Å². The maximum absolute atomic E-state index is 5.79. The molecule has 1 aliphatic carbocycles. The summed E-state index contributed by atoms with van der Waals surface area (Å²) in [7, 11) is 1.83. The number of hydrogen-bond acceptors (Lipinski definition) is 4. The smallest absolute Gasteiger partial charge is 0.125 e. The van der Waals surface area contributed by atoms with Crippen LogP contribution in [0.15, 0.2) is 5.38 Å². The Morgan fingerprint density at radius 1 is 1.41 bits per heavy atom. The first kappa shape index (κ1) is 11.6. The van der Waals surface area contributed by atoms with Gasteiger partial charge in [0.1, 0.15) is 10.6 Å². The van der Waals surface area contributed by atoms with Crippen molar-refractivity contribution in [1.29, 1.82) is 0 Å². The van der Waals surface area contributed by atoms with Crippen molar-refractivity contribution in [3.8, 4) is 0 Å². The number of rotatable bonds is 3. The van der Waals surface area contributed by atoms with Gasteiger partial charge in [-0.3, -0.25) is 0 Å². The van der Waals surface area contributed by atoms with Gasteiger partial charge in [0, 0.05) is 12.5 Å². The first-order valence-corrected chi connectivity index (χ1v) is 7.46. The Balaban J connectivity index is 1.83. The number of hydrogen-bond donors (Lipinski definition) is 1. The van der Waals surface area contributed by atoms with Gasteiger partial charge in [0.25, 0.3) is 0 Å². The van der Waals surface area contributed by atoms with Crippen LogP contribution < -0.4 is 5.32 Å². The molecule has 1 aliphatic heterocycles. The summed E-state index contributed by atoms with van der Waals surface area (Å²) in [6, 6.07) is 0.482. The largest absolute Gasteiger partial charge is 0.371 e. The average molecular weight is 252 g/mol. The van der Waals surface area contributed by atoms with E-state index in [0.29, 0.717) is 6.04 Å². The summed E-state index contributed by atoms with van der Waals surface area (Å²) in [5.41, 5.74) is 1.16. The zero-order chi connectivity index (χ0) is 11.7. The average Bonchev–Trinajstić information content (AvgIpc) is 3.10. The lowest BCUT2D eigenvalue weighted by Crippen LogP contribution is -2.24. The number of nitrogens with zero attached hydrogens (tertiary/aromatic N) is 1. The van der Waals surface area contributed by atoms with Gasteiger partial charge in [0.15, 0.2) is 0 Å². The molecule has 4 heteroatoms. The molecule has 1 atom stereocenters. The Morgan fingerprint density at radius 2 is 2.24 bits per heavy atom. The van der Waals surface area contributed by atoms with Crippen molar-refractivity contribution >= 4 is 11.3 Å². The molecule has 1 aromatic rings. The molecule has 1 aromatic heterocycles. The Labute approximate surface area is 107 Å². The van der Waals surface area contributed by atoms with E-state index in [0.717, 1.165) is 19.4 Å². The lowest BCUT2D eigenvalue weighted by atomic mass is 10.0. The lowest BCUT2D eigenvalue weighted by Gasteiger charge is -2.24. The van der Waals surface area contributed by atoms with Crippen molar-refractivity contribution in [2.45, 2.75) is 50.2 Å². The maximum Gasteiger partial charge on any atom is 0.125 e. The minimum atomic E-state index is -0.0679. The number of methoxy groups -OCH3 is 1. The zero-order valence-corrected chi connectivity index (χ0v) is 11.2. The van der Waals surface area contributed by atoms with E-state index in [-0.39, 0.29) is 5.60 Å². The van der Waals surface area contributed by atoms with Crippen LogP contribution in [-0.4, -0.2) is 18.6 Å². The monoisotopic (exact) mass is 252 g/mol. The molecule has 2 aliphatic rings. The summed E-state index contributed by atoms with van der Waals surface area (Å²) >= 11 is 1.78. The molecule has 0 unspecified atom stereocenters. The van der Waals surface area contributed by atoms with Crippen molar-refractivity contribution in [2.75, 3.05) is 13.7 Å². The number of ether oxygens (including phenoxy) is 1. The van der Waals surface area contributed by atoms with Gasteiger partial charge >= 0.3 is 0 Å². The van der Waals surface area contributed by atoms with E-state index in [4.69, 9.17) is 9.72 Å². The summed E-state index contributed by atoms with van der Waals surface area (Å²) in [6.07, 6.45) is 7.30. The first-order valence-electron chi connectivity index (χ1n) is 6.58. The Morgan fingerprint density at radius 3 is 2.88 bits per heavy atom. The fourth-order valence-corrected chi connectivity index (χ4v) is 4.15. The van der Waals surface area contributed by atoms with E-state index in [1.807, 2.05) is 7.11 Å². The second-order valence-electron chi connectivity index (χ2n) is 5.13. The number of aromatic nitrogens is 1. The van der Waals surface area contributed by atoms with Gasteiger partial charge in [-0.15, -0.1) is 11.3 Å². The first-order chi connectivity index (χ1) is 8.34. The highest BCUT2D eigenvalue weighted by atomic mass is 32.1. The summed E-state index contributed by atoms with van der Waals surface area (Å²) < 4.78 is 5.79. The zero-order valence-electron chi connectivity index (χ0n) is 10.4. The Bertz CT molecular complexity index is 379. The topological polar surface area (TPSA) is 34.1 Å². The van der Waals surface area contributed by atoms with Crippen LogP contribution in [0, 0.1) is 0 Å². The summed E-state index contributed by atoms with van der Waals surface area (Å²) in [6.45, 7) is 1.13. The number of thiazole rings is 1. The predicted octanol–water partition coefficient (Wildman–Crippen LogP) is 2.98. The second-order valence-corrected chi connectivity index (χ2v) is 5.99. The Hall–Kier alpha value is -0.450. The van der Waals surface area contributed by atoms with E-state index in [1.165, 1.54) is 36.4 Å². The van der Waals surface area contributed by atoms with E-state index in [2.05, 4.69) is 10.7 Å². The van der Waals surface area contributed by atoms with Gasteiger partial charge in [0.2, 0.25) is 0 Å². The molecule has 3 rings (SSSR count). The predicted molar refractivity (Wildman–Crippen MR) is 69.2 cm³/mol. The van der Waals surface area contributed by atoms with Crippen molar-refractivity contribution in [3.05, 3.63) is 16.1 Å². The molecular weight excluding hydrogens is 232 g/mol. The molecular formula is C13H20N2OS. The van der Waals surface area contributed by atoms with Crippen molar-refractivity contribution in [1.82, 2.24) is 10.3 Å². The molecule has 1 N–H and O–H groups in total. The fraction of sp³-hybridized carbons (Fsp3) is 0.769. The van der Waals surface area contributed by atoms with Crippen molar-refractivity contribution in [2.24, 2.45) is 0 Å². The summed E-state index contributed by atoms with van der Waals surface area (Å²) in [5.74, 6) is 0. The molecule has 2 fully saturated rings. The molecule has 94 valence electrons. The lowest BCUT2D eigenvalue weighted by molar-refractivity contribution is -0.00900. The van der Waals surface area contributed by atoms with Gasteiger partial charge < -0.3 is 10.1 Å². The molecule has 0 spiro atoms. The molecule has 2 heterocycles. The minimum Gasteiger partial charge on any atom is -0.371 e. The molecule has 1 saturated carbocycles. The quantitative estimate of drug-likeness (QED) is 0.898. The standard InChI is InChI=1S/C13H20N2OS/c1-16-13(6-2-3-7-13)12-15-11(9-17-12)10-5-4-8-14-10/h9-10,14H,2-8H2,1H3/t10-/m0/s1. The SMILES string of the molecule is COC1(c2nc([C@@H]3CCCN3)cs2)CCCC1. The highest BCUT2D eigenvalue weighted by molar-refractivity contribution is 7.09. The molecule has 1 saturated heterocycles. The van der Waals surface area contributed by atoms with Gasteiger partial charge in [-0.05, 0) is 32.2 Å². The third-order valence-electron chi connectivity index (χ3n) is 4.13. The molecule has 0 amide bonds. The fourth-order valence-electron chi connectivity index (χ4n) is 3.04. The highest BCUT2D eigenvalue weighted by Crippen LogP contribution is 2.43. The van der Waals surface area contributed by atoms with Crippen LogP contribution >= 0.6 is 11.3 Å². The molecule has 0 radical (unpaired) electrons. The summed E-state index contributed by atoms with van der Waals surface area (Å²) in [4.78, 5) is 4.85. The van der Waals surface area contributed by atoms with Gasteiger partial charge in [-0.1, -0.05) is 12.8 Å². The molecule has 3 nitrogen and oxygen atoms in total. The van der Waals surface area contributed by atoms with Gasteiger partial charge in [-0.25, -0.2) is 4.98 Å². The molecule has 0 aromatic carbocycles. The van der Waals surface area contributed by atoms with Gasteiger partial charge in [0.05, 0.1) is 11.7 Å². The van der Waals surface area contributed by atoms with E-state index in [1.54, 1.807) is 11.3 Å². The van der Waals surface area contributed by atoms with E-state index in [9.17, 15) is 0 Å². The normalized spacial score (nSPS) is 27.7. The third-order valence-corrected chi connectivity index (χ3v) is 5.18. The highest BCUT2D eigenvalue weighted by Gasteiger charge is 2.38. The van der Waals surface area contributed by atoms with Crippen LogP contribution in [0.3, 0.4) is 0 Å². The van der Waals surface area contributed by atoms with Crippen molar-refractivity contribution < 1.29 is 4.74 Å².